The van der Waals surface area contributed by atoms with Crippen molar-refractivity contribution in [3.63, 3.8) is 0 Å². The van der Waals surface area contributed by atoms with E-state index in [1.807, 2.05) is 38.1 Å². The third kappa shape index (κ3) is 5.82. The van der Waals surface area contributed by atoms with Gasteiger partial charge < -0.3 is 4.42 Å². The number of rotatable bonds is 5. The van der Waals surface area contributed by atoms with Crippen LogP contribution in [0.4, 0.5) is 0 Å². The molecule has 0 atom stereocenters. The van der Waals surface area contributed by atoms with E-state index >= 15 is 0 Å². The number of fused-ring (bicyclic) bond motifs is 9. The number of para-hydroxylation sites is 1. The maximum atomic E-state index is 6.43. The van der Waals surface area contributed by atoms with Gasteiger partial charge in [0.15, 0.2) is 11.6 Å². The molecule has 284 valence electrons. The fourth-order valence-electron chi connectivity index (χ4n) is 8.66. The average Bonchev–Trinajstić information content (AvgIpc) is 3.87. The van der Waals surface area contributed by atoms with E-state index in [0.29, 0.717) is 17.6 Å². The number of hydrogen-bond donors (Lipinski definition) is 0. The van der Waals surface area contributed by atoms with Crippen molar-refractivity contribution < 1.29 is 4.42 Å². The Labute approximate surface area is 346 Å². The van der Waals surface area contributed by atoms with Crippen LogP contribution in [0.2, 0.25) is 0 Å². The van der Waals surface area contributed by atoms with E-state index in [1.54, 1.807) is 0 Å². The zero-order valence-corrected chi connectivity index (χ0v) is 33.2. The Morgan fingerprint density at radius 2 is 0.950 bits per heavy atom. The maximum absolute atomic E-state index is 6.43. The van der Waals surface area contributed by atoms with Gasteiger partial charge in [-0.1, -0.05) is 178 Å². The van der Waals surface area contributed by atoms with Crippen LogP contribution >= 0.6 is 0 Å². The monoisotopic (exact) mass is 770 g/mol. The van der Waals surface area contributed by atoms with Gasteiger partial charge >= 0.3 is 0 Å². The second-order valence-corrected chi connectivity index (χ2v) is 14.8. The van der Waals surface area contributed by atoms with Crippen molar-refractivity contribution in [2.24, 2.45) is 0 Å². The zero-order chi connectivity index (χ0) is 40.2. The highest BCUT2D eigenvalue weighted by Crippen LogP contribution is 2.42. The van der Waals surface area contributed by atoms with E-state index in [1.165, 1.54) is 16.2 Å². The van der Waals surface area contributed by atoms with Gasteiger partial charge in [-0.25, -0.2) is 4.98 Å². The smallest absolute Gasteiger partial charge is 0.238 e. The number of aromatic nitrogens is 4. The fourth-order valence-corrected chi connectivity index (χ4v) is 8.66. The van der Waals surface area contributed by atoms with Gasteiger partial charge in [0.1, 0.15) is 11.2 Å². The van der Waals surface area contributed by atoms with E-state index in [0.717, 1.165) is 82.5 Å². The highest BCUT2D eigenvalue weighted by atomic mass is 16.3. The first kappa shape index (κ1) is 35.3. The van der Waals surface area contributed by atoms with Crippen LogP contribution < -0.4 is 0 Å². The molecule has 0 aliphatic rings. The largest absolute Gasteiger partial charge is 0.456 e. The normalized spacial score (nSPS) is 11.5. The van der Waals surface area contributed by atoms with E-state index in [9.17, 15) is 0 Å². The van der Waals surface area contributed by atoms with Crippen molar-refractivity contribution in [3.05, 3.63) is 194 Å². The molecule has 60 heavy (non-hydrogen) atoms. The molecule has 0 spiro atoms. The summed E-state index contributed by atoms with van der Waals surface area (Å²) in [5.74, 6) is 1.77. The molecule has 0 aliphatic heterocycles. The number of furan rings is 1. The minimum absolute atomic E-state index is 0.555. The Morgan fingerprint density at radius 1 is 0.383 bits per heavy atom. The zero-order valence-electron chi connectivity index (χ0n) is 33.2. The van der Waals surface area contributed by atoms with Crippen LogP contribution in [0.5, 0.6) is 0 Å². The second-order valence-electron chi connectivity index (χ2n) is 14.8. The van der Waals surface area contributed by atoms with Crippen molar-refractivity contribution in [3.8, 4) is 51.0 Å². The fraction of sp³-hybridized carbons (Fsp3) is 0.0364. The lowest BCUT2D eigenvalue weighted by atomic mass is 9.98. The lowest BCUT2D eigenvalue weighted by Gasteiger charge is -2.13. The van der Waals surface area contributed by atoms with Gasteiger partial charge in [-0.15, -0.1) is 0 Å². The minimum atomic E-state index is 0.555. The molecule has 0 saturated heterocycles. The van der Waals surface area contributed by atoms with Crippen molar-refractivity contribution >= 4 is 65.3 Å². The van der Waals surface area contributed by atoms with Crippen molar-refractivity contribution in [1.29, 1.82) is 0 Å². The van der Waals surface area contributed by atoms with Crippen molar-refractivity contribution in [1.82, 2.24) is 19.5 Å². The Kier molecular flexibility index (Phi) is 8.52. The van der Waals surface area contributed by atoms with Crippen LogP contribution in [-0.4, -0.2) is 19.5 Å². The molecule has 0 unspecified atom stereocenters. The molecule has 0 fully saturated rings. The molecule has 3 aromatic heterocycles. The molecule has 0 bridgehead atoms. The Hall–Kier alpha value is -7.89. The van der Waals surface area contributed by atoms with Gasteiger partial charge in [-0.2, -0.15) is 9.97 Å². The summed E-state index contributed by atoms with van der Waals surface area (Å²) in [5.41, 5.74) is 10.1. The molecule has 0 N–H and O–H groups in total. The van der Waals surface area contributed by atoms with E-state index in [2.05, 4.69) is 174 Å². The van der Waals surface area contributed by atoms with E-state index in [4.69, 9.17) is 19.4 Å². The molecule has 5 heteroatoms. The molecule has 0 saturated carbocycles. The van der Waals surface area contributed by atoms with Crippen LogP contribution in [0, 0.1) is 0 Å². The van der Waals surface area contributed by atoms with Gasteiger partial charge in [0.2, 0.25) is 5.95 Å². The molecule has 5 nitrogen and oxygen atoms in total. The summed E-state index contributed by atoms with van der Waals surface area (Å²) < 4.78 is 8.68. The molecular formula is C55H38N4O. The predicted octanol–water partition coefficient (Wildman–Crippen LogP) is 14.9. The molecule has 12 rings (SSSR count). The first-order chi connectivity index (χ1) is 29.7. The summed E-state index contributed by atoms with van der Waals surface area (Å²) in [6.45, 7) is 4.00. The van der Waals surface area contributed by atoms with Crippen LogP contribution in [0.3, 0.4) is 0 Å². The van der Waals surface area contributed by atoms with Gasteiger partial charge in [0.05, 0.1) is 11.0 Å². The second kappa shape index (κ2) is 14.5. The molecule has 0 amide bonds. The Morgan fingerprint density at radius 3 is 1.70 bits per heavy atom. The predicted molar refractivity (Wildman–Crippen MR) is 250 cm³/mol. The van der Waals surface area contributed by atoms with Crippen molar-refractivity contribution in [2.45, 2.75) is 13.8 Å². The van der Waals surface area contributed by atoms with Gasteiger partial charge in [-0.3, -0.25) is 4.57 Å². The van der Waals surface area contributed by atoms with Gasteiger partial charge in [0, 0.05) is 38.2 Å². The molecule has 12 aromatic rings. The summed E-state index contributed by atoms with van der Waals surface area (Å²) in [4.78, 5) is 15.7. The van der Waals surface area contributed by atoms with Crippen molar-refractivity contribution in [2.75, 3.05) is 0 Å². The van der Waals surface area contributed by atoms with Crippen LogP contribution in [0.1, 0.15) is 13.8 Å². The van der Waals surface area contributed by atoms with Gasteiger partial charge in [-0.05, 0) is 68.6 Å². The molecule has 0 radical (unpaired) electrons. The third-order valence-electron chi connectivity index (χ3n) is 11.4. The van der Waals surface area contributed by atoms with E-state index in [-0.39, 0.29) is 0 Å². The quantitative estimate of drug-likeness (QED) is 0.175. The SMILES string of the molecule is CC.c1ccc(-c2ccc(-c3nc(-c4ccccc4)nc(-n4c5cc6ccccc6cc5c5cccc(-c6ccc7oc8ccc9ccccc9c8c7c6)c54)n3)cc2)cc1. The van der Waals surface area contributed by atoms with Crippen LogP contribution in [0.15, 0.2) is 199 Å². The Balaban J connectivity index is 0.00000201. The standard InChI is InChI=1S/C53H32N4O.C2H6/c1-3-12-33(13-4-1)34-22-24-37(25-23-34)52-54-51(36-15-5-2-6-16-36)55-53(56-52)57-46-32-39-18-8-7-17-38(39)30-44(46)43-21-11-20-42(50(43)57)40-27-28-47-45(31-40)49-41-19-10-9-14-35(41)26-29-48(49)58-47;1-2/h1-32H;1-2H3. The lowest BCUT2D eigenvalue weighted by Crippen LogP contribution is -2.07. The number of nitrogens with zero attached hydrogens (tertiary/aromatic N) is 4. The number of hydrogen-bond acceptors (Lipinski definition) is 4. The first-order valence-electron chi connectivity index (χ1n) is 20.5. The molecular weight excluding hydrogens is 733 g/mol. The summed E-state index contributed by atoms with van der Waals surface area (Å²) in [5, 5.41) is 9.16. The van der Waals surface area contributed by atoms with E-state index < -0.39 is 0 Å². The highest BCUT2D eigenvalue weighted by molar-refractivity contribution is 6.21. The first-order valence-corrected chi connectivity index (χ1v) is 20.5. The summed E-state index contributed by atoms with van der Waals surface area (Å²) in [6.07, 6.45) is 0. The van der Waals surface area contributed by atoms with Crippen LogP contribution in [-0.2, 0) is 0 Å². The average molecular weight is 771 g/mol. The summed E-state index contributed by atoms with van der Waals surface area (Å²) in [6, 6.07) is 68.1. The van der Waals surface area contributed by atoms with Crippen LogP contribution in [0.25, 0.3) is 116 Å². The molecule has 9 aromatic carbocycles. The summed E-state index contributed by atoms with van der Waals surface area (Å²) in [7, 11) is 0. The number of benzene rings is 9. The Bertz CT molecular complexity index is 3550. The van der Waals surface area contributed by atoms with Gasteiger partial charge in [0.25, 0.3) is 0 Å². The minimum Gasteiger partial charge on any atom is -0.456 e. The lowest BCUT2D eigenvalue weighted by molar-refractivity contribution is 0.669. The summed E-state index contributed by atoms with van der Waals surface area (Å²) >= 11 is 0. The highest BCUT2D eigenvalue weighted by Gasteiger charge is 2.22. The molecule has 3 heterocycles. The third-order valence-corrected chi connectivity index (χ3v) is 11.4. The molecule has 0 aliphatic carbocycles. The maximum Gasteiger partial charge on any atom is 0.238 e. The topological polar surface area (TPSA) is 56.7 Å².